The molecule has 310 valence electrons. The van der Waals surface area contributed by atoms with Gasteiger partial charge in [-0.2, -0.15) is 0 Å². The lowest BCUT2D eigenvalue weighted by Gasteiger charge is -2.35. The first-order chi connectivity index (χ1) is 27.1. The second-order valence-electron chi connectivity index (χ2n) is 15.5. The number of aryl methyl sites for hydroxylation is 1. The van der Waals surface area contributed by atoms with Gasteiger partial charge in [-0.25, -0.2) is 14.6 Å². The van der Waals surface area contributed by atoms with Crippen LogP contribution in [0.3, 0.4) is 0 Å². The first kappa shape index (κ1) is 44.3. The van der Waals surface area contributed by atoms with Crippen molar-refractivity contribution in [1.29, 1.82) is 0 Å². The van der Waals surface area contributed by atoms with Gasteiger partial charge in [-0.1, -0.05) is 76.6 Å². The van der Waals surface area contributed by atoms with Crippen LogP contribution in [0.15, 0.2) is 66.7 Å². The number of ether oxygens (including phenoxy) is 2. The van der Waals surface area contributed by atoms with Crippen molar-refractivity contribution < 1.29 is 38.9 Å². The van der Waals surface area contributed by atoms with Crippen LogP contribution in [0.5, 0.6) is 11.5 Å². The standard InChI is InChI=1S/C42H59N7O8/c1-8-28(2)38(49-20-19-47(41(49)55)25-32-16-12-13-29(3)44-32)39(53)45-33(21-30-14-10-9-11-15-30)35(51)26-48(24-31-17-18-34(50)36(22-31)56-6)46-37(52)23-42(4,5)27-43-40(54)57-7/h9-18,22,28,33,35,38,50-51H,8,19-21,23-27H2,1-7H3,(H,43,54)(H,45,53)(H,46,52). The molecule has 5 N–H and O–H groups in total. The molecule has 5 amide bonds. The normalized spacial score (nSPS) is 15.1. The molecule has 15 nitrogen and oxygen atoms in total. The van der Waals surface area contributed by atoms with Gasteiger partial charge in [-0.05, 0) is 60.1 Å². The van der Waals surface area contributed by atoms with E-state index in [2.05, 4.69) is 25.8 Å². The van der Waals surface area contributed by atoms with Gasteiger partial charge >= 0.3 is 12.1 Å². The quantitative estimate of drug-likeness (QED) is 0.104. The fourth-order valence-corrected chi connectivity index (χ4v) is 6.88. The van der Waals surface area contributed by atoms with Crippen LogP contribution in [0.4, 0.5) is 9.59 Å². The Labute approximate surface area is 335 Å². The Bertz CT molecular complexity index is 1810. The van der Waals surface area contributed by atoms with Crippen molar-refractivity contribution in [2.75, 3.05) is 40.4 Å². The molecule has 4 unspecified atom stereocenters. The molecule has 57 heavy (non-hydrogen) atoms. The Kier molecular flexibility index (Phi) is 16.1. The van der Waals surface area contributed by atoms with E-state index in [1.165, 1.54) is 20.3 Å². The highest BCUT2D eigenvalue weighted by Gasteiger charge is 2.41. The molecule has 2 heterocycles. The third kappa shape index (κ3) is 13.1. The Morgan fingerprint density at radius 2 is 1.75 bits per heavy atom. The molecular formula is C42H59N7O8. The molecule has 15 heteroatoms. The van der Waals surface area contributed by atoms with Crippen LogP contribution in [-0.4, -0.2) is 113 Å². The van der Waals surface area contributed by atoms with Crippen LogP contribution in [-0.2, 0) is 33.8 Å². The smallest absolute Gasteiger partial charge is 0.406 e. The van der Waals surface area contributed by atoms with Gasteiger partial charge in [0.25, 0.3) is 0 Å². The molecule has 0 spiro atoms. The number of hydrazine groups is 1. The number of hydrogen-bond acceptors (Lipinski definition) is 10. The lowest BCUT2D eigenvalue weighted by Crippen LogP contribution is -2.58. The van der Waals surface area contributed by atoms with Gasteiger partial charge in [-0.3, -0.25) is 20.0 Å². The number of aromatic hydroxyl groups is 1. The second-order valence-corrected chi connectivity index (χ2v) is 15.5. The average molecular weight is 790 g/mol. The summed E-state index contributed by atoms with van der Waals surface area (Å²) in [6, 6.07) is 18.1. The first-order valence-corrected chi connectivity index (χ1v) is 19.4. The summed E-state index contributed by atoms with van der Waals surface area (Å²) in [6.45, 7) is 10.8. The van der Waals surface area contributed by atoms with E-state index < -0.39 is 29.7 Å². The number of pyridine rings is 1. The number of aromatic nitrogens is 1. The van der Waals surface area contributed by atoms with Crippen LogP contribution in [0.2, 0.25) is 0 Å². The van der Waals surface area contributed by atoms with Crippen LogP contribution in [0.25, 0.3) is 0 Å². The summed E-state index contributed by atoms with van der Waals surface area (Å²) in [5, 5.41) is 29.5. The highest BCUT2D eigenvalue weighted by molar-refractivity contribution is 5.88. The number of aliphatic hydroxyl groups excluding tert-OH is 1. The van der Waals surface area contributed by atoms with E-state index in [1.54, 1.807) is 26.9 Å². The van der Waals surface area contributed by atoms with Crippen molar-refractivity contribution in [3.05, 3.63) is 89.2 Å². The van der Waals surface area contributed by atoms with Crippen molar-refractivity contribution in [1.82, 2.24) is 35.9 Å². The number of phenolic OH excluding ortho intramolecular Hbond substituents is 1. The predicted molar refractivity (Wildman–Crippen MR) is 215 cm³/mol. The maximum Gasteiger partial charge on any atom is 0.406 e. The molecule has 1 saturated heterocycles. The summed E-state index contributed by atoms with van der Waals surface area (Å²) in [7, 11) is 2.70. The summed E-state index contributed by atoms with van der Waals surface area (Å²) >= 11 is 0. The van der Waals surface area contributed by atoms with Crippen molar-refractivity contribution in [3.8, 4) is 11.5 Å². The van der Waals surface area contributed by atoms with E-state index in [-0.39, 0.29) is 67.7 Å². The molecule has 0 aliphatic carbocycles. The molecular weight excluding hydrogens is 731 g/mol. The number of benzene rings is 2. The molecule has 1 fully saturated rings. The lowest BCUT2D eigenvalue weighted by molar-refractivity contribution is -0.131. The third-order valence-electron chi connectivity index (χ3n) is 10.1. The van der Waals surface area contributed by atoms with Gasteiger partial charge in [0.2, 0.25) is 11.8 Å². The van der Waals surface area contributed by atoms with Gasteiger partial charge in [0.1, 0.15) is 6.04 Å². The molecule has 4 rings (SSSR count). The van der Waals surface area contributed by atoms with Gasteiger partial charge in [0, 0.05) is 44.8 Å². The third-order valence-corrected chi connectivity index (χ3v) is 10.1. The first-order valence-electron chi connectivity index (χ1n) is 19.4. The number of aliphatic hydroxyl groups is 1. The number of rotatable bonds is 20. The van der Waals surface area contributed by atoms with E-state index >= 15 is 0 Å². The molecule has 2 aromatic carbocycles. The minimum Gasteiger partial charge on any atom is -0.504 e. The van der Waals surface area contributed by atoms with Crippen molar-refractivity contribution in [2.24, 2.45) is 11.3 Å². The van der Waals surface area contributed by atoms with E-state index in [1.807, 2.05) is 83.1 Å². The Morgan fingerprint density at radius 3 is 2.42 bits per heavy atom. The molecule has 0 radical (unpaired) electrons. The summed E-state index contributed by atoms with van der Waals surface area (Å²) in [5.74, 6) is -0.762. The Morgan fingerprint density at radius 1 is 1.02 bits per heavy atom. The van der Waals surface area contributed by atoms with E-state index in [4.69, 9.17) is 4.74 Å². The maximum atomic E-state index is 14.4. The van der Waals surface area contributed by atoms with Crippen molar-refractivity contribution in [3.63, 3.8) is 0 Å². The second kappa shape index (κ2) is 20.7. The monoisotopic (exact) mass is 789 g/mol. The number of hydrogen-bond donors (Lipinski definition) is 5. The summed E-state index contributed by atoms with van der Waals surface area (Å²) in [5.41, 5.74) is 5.43. The fraction of sp³-hybridized carbons (Fsp3) is 0.500. The number of nitrogens with one attached hydrogen (secondary N) is 3. The topological polar surface area (TPSA) is 186 Å². The number of carbonyl (C=O) groups excluding carboxylic acids is 4. The number of carbonyl (C=O) groups is 4. The van der Waals surface area contributed by atoms with Crippen LogP contribution in [0.1, 0.15) is 63.1 Å². The molecule has 1 aliphatic heterocycles. The molecule has 3 aromatic rings. The minimum atomic E-state index is -1.21. The van der Waals surface area contributed by atoms with E-state index in [9.17, 15) is 29.4 Å². The van der Waals surface area contributed by atoms with Gasteiger partial charge in [0.15, 0.2) is 11.5 Å². The number of phenols is 1. The predicted octanol–water partition coefficient (Wildman–Crippen LogP) is 4.15. The zero-order valence-corrected chi connectivity index (χ0v) is 34.2. The van der Waals surface area contributed by atoms with Crippen LogP contribution >= 0.6 is 0 Å². The Hall–Kier alpha value is -5.41. The largest absolute Gasteiger partial charge is 0.504 e. The summed E-state index contributed by atoms with van der Waals surface area (Å²) in [4.78, 5) is 61.4. The van der Waals surface area contributed by atoms with E-state index in [0.29, 0.717) is 31.6 Å². The molecule has 0 bridgehead atoms. The number of methoxy groups -OCH3 is 2. The zero-order valence-electron chi connectivity index (χ0n) is 34.2. The number of nitrogens with zero attached hydrogens (tertiary/aromatic N) is 4. The molecule has 4 atom stereocenters. The molecule has 0 saturated carbocycles. The molecule has 1 aliphatic rings. The maximum absolute atomic E-state index is 14.4. The SMILES string of the molecule is CCC(C)C(C(=O)NC(Cc1ccccc1)C(O)CN(Cc1ccc(O)c(OC)c1)NC(=O)CC(C)(C)CNC(=O)OC)N1CCN(Cc2cccc(C)n2)C1=O. The van der Waals surface area contributed by atoms with Crippen LogP contribution in [0, 0.1) is 18.3 Å². The lowest BCUT2D eigenvalue weighted by atomic mass is 9.89. The van der Waals surface area contributed by atoms with Gasteiger partial charge < -0.3 is 40.1 Å². The number of amides is 5. The summed E-state index contributed by atoms with van der Waals surface area (Å²) in [6.07, 6.45) is -0.902. The van der Waals surface area contributed by atoms with Gasteiger partial charge in [0.05, 0.1) is 38.6 Å². The van der Waals surface area contributed by atoms with E-state index in [0.717, 1.165) is 17.0 Å². The average Bonchev–Trinajstić information content (AvgIpc) is 3.52. The van der Waals surface area contributed by atoms with Crippen molar-refractivity contribution >= 4 is 23.9 Å². The zero-order chi connectivity index (χ0) is 41.7. The highest BCUT2D eigenvalue weighted by atomic mass is 16.5. The fourth-order valence-electron chi connectivity index (χ4n) is 6.88. The number of urea groups is 1. The summed E-state index contributed by atoms with van der Waals surface area (Å²) < 4.78 is 9.98. The number of alkyl carbamates (subject to hydrolysis) is 1. The van der Waals surface area contributed by atoms with Gasteiger partial charge in [-0.15, -0.1) is 0 Å². The minimum absolute atomic E-state index is 0.0179. The highest BCUT2D eigenvalue weighted by Crippen LogP contribution is 2.27. The van der Waals surface area contributed by atoms with Crippen LogP contribution < -0.4 is 20.8 Å². The van der Waals surface area contributed by atoms with Crippen molar-refractivity contribution in [2.45, 2.75) is 85.2 Å². The molecule has 1 aromatic heterocycles. The Balaban J connectivity index is 1.58.